The first-order valence-electron chi connectivity index (χ1n) is 4.77. The number of hydrogen-bond acceptors (Lipinski definition) is 4. The number of rotatable bonds is 4. The molecule has 0 fully saturated rings. The van der Waals surface area contributed by atoms with Crippen LogP contribution in [0.15, 0.2) is 18.2 Å². The lowest BCUT2D eigenvalue weighted by Gasteiger charge is -2.07. The molecule has 1 N–H and O–H groups in total. The van der Waals surface area contributed by atoms with E-state index in [2.05, 4.69) is 0 Å². The average Bonchev–Trinajstić information content (AvgIpc) is 2.18. The van der Waals surface area contributed by atoms with Crippen LogP contribution in [0.5, 0.6) is 5.75 Å². The zero-order valence-electron chi connectivity index (χ0n) is 9.21. The predicted octanol–water partition coefficient (Wildman–Crippen LogP) is 0.457. The molecule has 1 rings (SSSR count). The van der Waals surface area contributed by atoms with Crippen LogP contribution in [-0.2, 0) is 21.2 Å². The molecule has 0 aliphatic rings. The van der Waals surface area contributed by atoms with E-state index >= 15 is 0 Å². The van der Waals surface area contributed by atoms with Crippen molar-refractivity contribution in [1.82, 2.24) is 0 Å². The summed E-state index contributed by atoms with van der Waals surface area (Å²) in [4.78, 5) is 11.1. The molecular formula is C10H11BO5S. The van der Waals surface area contributed by atoms with Crippen molar-refractivity contribution >= 4 is 23.9 Å². The van der Waals surface area contributed by atoms with Crippen LogP contribution in [0.4, 0.5) is 0 Å². The van der Waals surface area contributed by atoms with Gasteiger partial charge in [0.05, 0.1) is 7.85 Å². The summed E-state index contributed by atoms with van der Waals surface area (Å²) in [5.41, 5.74) is 1.54. The number of benzene rings is 1. The summed E-state index contributed by atoms with van der Waals surface area (Å²) in [6.07, 6.45) is 0.361. The molecule has 0 bridgehead atoms. The molecule has 1 aromatic carbocycles. The maximum Gasteiger partial charge on any atom is 0.329 e. The highest BCUT2D eigenvalue weighted by Gasteiger charge is 2.15. The van der Waals surface area contributed by atoms with Gasteiger partial charge in [-0.25, -0.2) is 0 Å². The Morgan fingerprint density at radius 2 is 2.12 bits per heavy atom. The van der Waals surface area contributed by atoms with Crippen LogP contribution in [0.1, 0.15) is 11.1 Å². The molecule has 0 aromatic heterocycles. The highest BCUT2D eigenvalue weighted by Crippen LogP contribution is 2.19. The highest BCUT2D eigenvalue weighted by molar-refractivity contribution is 7.86. The van der Waals surface area contributed by atoms with Crippen molar-refractivity contribution in [2.24, 2.45) is 0 Å². The van der Waals surface area contributed by atoms with Crippen LogP contribution in [0.2, 0.25) is 0 Å². The maximum atomic E-state index is 11.1. The molecule has 0 unspecified atom stereocenters. The molecule has 0 atom stereocenters. The third-order valence-corrected chi connectivity index (χ3v) is 2.60. The van der Waals surface area contributed by atoms with Crippen LogP contribution in [0.3, 0.4) is 0 Å². The Labute approximate surface area is 101 Å². The molecule has 2 radical (unpaired) electrons. The number of esters is 1. The van der Waals surface area contributed by atoms with E-state index in [9.17, 15) is 13.2 Å². The fraction of sp³-hybridized carbons (Fsp3) is 0.300. The molecule has 0 heterocycles. The molecule has 0 amide bonds. The zero-order valence-corrected chi connectivity index (χ0v) is 10.0. The normalized spacial score (nSPS) is 11.2. The SMILES string of the molecule is [B]Cc1ccc(OC(=O)CS(=O)(=O)O)c(C)c1. The van der Waals surface area contributed by atoms with Crippen LogP contribution in [-0.4, -0.2) is 32.5 Å². The van der Waals surface area contributed by atoms with Gasteiger partial charge in [0, 0.05) is 0 Å². The molecule has 1 aromatic rings. The first-order valence-corrected chi connectivity index (χ1v) is 6.38. The molecule has 17 heavy (non-hydrogen) atoms. The van der Waals surface area contributed by atoms with E-state index in [1.54, 1.807) is 19.1 Å². The minimum atomic E-state index is -4.36. The van der Waals surface area contributed by atoms with Crippen LogP contribution < -0.4 is 4.74 Å². The minimum absolute atomic E-state index is 0.246. The lowest BCUT2D eigenvalue weighted by atomic mass is 9.96. The third kappa shape index (κ3) is 4.58. The Morgan fingerprint density at radius 1 is 1.47 bits per heavy atom. The van der Waals surface area contributed by atoms with E-state index in [1.165, 1.54) is 6.07 Å². The second-order valence-corrected chi connectivity index (χ2v) is 4.96. The Bertz CT molecular complexity index is 523. The molecule has 90 valence electrons. The van der Waals surface area contributed by atoms with E-state index in [-0.39, 0.29) is 5.75 Å². The number of aryl methyl sites for hydroxylation is 1. The lowest BCUT2D eigenvalue weighted by Crippen LogP contribution is -2.20. The summed E-state index contributed by atoms with van der Waals surface area (Å²) < 4.78 is 34.2. The predicted molar refractivity (Wildman–Crippen MR) is 62.7 cm³/mol. The van der Waals surface area contributed by atoms with Gasteiger partial charge in [-0.1, -0.05) is 24.0 Å². The van der Waals surface area contributed by atoms with E-state index in [0.29, 0.717) is 11.9 Å². The monoisotopic (exact) mass is 254 g/mol. The van der Waals surface area contributed by atoms with Gasteiger partial charge in [0.25, 0.3) is 10.1 Å². The Hall–Kier alpha value is -1.34. The molecule has 0 aliphatic heterocycles. The van der Waals surface area contributed by atoms with Gasteiger partial charge in [0.15, 0.2) is 5.75 Å². The summed E-state index contributed by atoms with van der Waals surface area (Å²) in [6, 6.07) is 4.93. The summed E-state index contributed by atoms with van der Waals surface area (Å²) in [7, 11) is 1.07. The maximum absolute atomic E-state index is 11.1. The molecule has 0 spiro atoms. The van der Waals surface area contributed by atoms with Crippen LogP contribution >= 0.6 is 0 Å². The summed E-state index contributed by atoms with van der Waals surface area (Å²) in [5.74, 6) is -1.85. The summed E-state index contributed by atoms with van der Waals surface area (Å²) in [6.45, 7) is 1.70. The largest absolute Gasteiger partial charge is 0.425 e. The van der Waals surface area contributed by atoms with Gasteiger partial charge >= 0.3 is 5.97 Å². The van der Waals surface area contributed by atoms with Crippen molar-refractivity contribution in [2.75, 3.05) is 5.75 Å². The van der Waals surface area contributed by atoms with Crippen LogP contribution in [0, 0.1) is 6.92 Å². The van der Waals surface area contributed by atoms with Gasteiger partial charge in [-0.05, 0) is 18.6 Å². The van der Waals surface area contributed by atoms with Crippen molar-refractivity contribution in [3.05, 3.63) is 29.3 Å². The third-order valence-electron chi connectivity index (χ3n) is 2.00. The standard InChI is InChI=1S/C10H11BO5S/c1-7-4-8(5-11)2-3-9(7)16-10(12)6-17(13,14)15/h2-4H,5-6H2,1H3,(H,13,14,15). The van der Waals surface area contributed by atoms with Gasteiger partial charge in [-0.15, -0.1) is 0 Å². The molecular weight excluding hydrogens is 243 g/mol. The highest BCUT2D eigenvalue weighted by atomic mass is 32.2. The quantitative estimate of drug-likeness (QED) is 0.365. The number of hydrogen-bond donors (Lipinski definition) is 1. The first-order chi connectivity index (χ1) is 7.81. The van der Waals surface area contributed by atoms with E-state index < -0.39 is 21.8 Å². The number of ether oxygens (including phenoxy) is 1. The molecule has 0 saturated carbocycles. The van der Waals surface area contributed by atoms with E-state index in [1.807, 2.05) is 0 Å². The van der Waals surface area contributed by atoms with Gasteiger partial charge < -0.3 is 4.74 Å². The van der Waals surface area contributed by atoms with Gasteiger partial charge in [-0.3, -0.25) is 9.35 Å². The fourth-order valence-electron chi connectivity index (χ4n) is 1.25. The lowest BCUT2D eigenvalue weighted by molar-refractivity contribution is -0.131. The minimum Gasteiger partial charge on any atom is -0.425 e. The second-order valence-electron chi connectivity index (χ2n) is 3.50. The Morgan fingerprint density at radius 3 is 2.59 bits per heavy atom. The molecule has 0 aliphatic carbocycles. The van der Waals surface area contributed by atoms with Crippen molar-refractivity contribution in [3.63, 3.8) is 0 Å². The van der Waals surface area contributed by atoms with E-state index in [4.69, 9.17) is 17.1 Å². The van der Waals surface area contributed by atoms with Crippen molar-refractivity contribution < 1.29 is 22.5 Å². The molecule has 5 nitrogen and oxygen atoms in total. The second kappa shape index (κ2) is 5.33. The van der Waals surface area contributed by atoms with Crippen molar-refractivity contribution in [2.45, 2.75) is 13.2 Å². The van der Waals surface area contributed by atoms with Gasteiger partial charge in [0.2, 0.25) is 0 Å². The average molecular weight is 254 g/mol. The summed E-state index contributed by atoms with van der Waals surface area (Å²) in [5, 5.41) is 0. The first kappa shape index (κ1) is 13.7. The van der Waals surface area contributed by atoms with Gasteiger partial charge in [-0.2, -0.15) is 8.42 Å². The fourth-order valence-corrected chi connectivity index (χ4v) is 1.61. The Kier molecular flexibility index (Phi) is 4.30. The van der Waals surface area contributed by atoms with Crippen molar-refractivity contribution in [3.8, 4) is 5.75 Å². The van der Waals surface area contributed by atoms with Gasteiger partial charge in [0.1, 0.15) is 5.75 Å². The van der Waals surface area contributed by atoms with E-state index in [0.717, 1.165) is 5.56 Å². The smallest absolute Gasteiger partial charge is 0.329 e. The zero-order chi connectivity index (χ0) is 13.1. The Balaban J connectivity index is 2.79. The summed E-state index contributed by atoms with van der Waals surface area (Å²) >= 11 is 0. The topological polar surface area (TPSA) is 80.7 Å². The number of carbonyl (C=O) groups is 1. The number of carbonyl (C=O) groups excluding carboxylic acids is 1. The molecule has 7 heteroatoms. The van der Waals surface area contributed by atoms with Crippen molar-refractivity contribution in [1.29, 1.82) is 0 Å². The van der Waals surface area contributed by atoms with Crippen LogP contribution in [0.25, 0.3) is 0 Å². The molecule has 0 saturated heterocycles.